The van der Waals surface area contributed by atoms with Gasteiger partial charge in [0.25, 0.3) is 6.43 Å². The van der Waals surface area contributed by atoms with Gasteiger partial charge in [-0.15, -0.1) is 0 Å². The molecule has 2 aliphatic carbocycles. The fourth-order valence-corrected chi connectivity index (χ4v) is 6.17. The highest BCUT2D eigenvalue weighted by atomic mass is 32.2. The van der Waals surface area contributed by atoms with Crippen LogP contribution in [0.25, 0.3) is 22.2 Å². The van der Waals surface area contributed by atoms with Gasteiger partial charge in [0.1, 0.15) is 18.4 Å². The van der Waals surface area contributed by atoms with Crippen molar-refractivity contribution in [2.75, 3.05) is 11.3 Å². The molecule has 0 bridgehead atoms. The Hall–Kier alpha value is -3.12. The molecule has 0 unspecified atom stereocenters. The van der Waals surface area contributed by atoms with Gasteiger partial charge >= 0.3 is 0 Å². The largest absolute Gasteiger partial charge is 0.488 e. The lowest BCUT2D eigenvalue weighted by molar-refractivity contribution is 0.0819. The lowest BCUT2D eigenvalue weighted by atomic mass is 9.92. The predicted octanol–water partition coefficient (Wildman–Crippen LogP) is 5.84. The minimum absolute atomic E-state index is 0.196. The third-order valence-corrected chi connectivity index (χ3v) is 8.68. The molecule has 9 heteroatoms. The number of nitrogens with one attached hydrogen (secondary N) is 1. The van der Waals surface area contributed by atoms with Crippen molar-refractivity contribution in [3.63, 3.8) is 0 Å². The molecule has 0 spiro atoms. The van der Waals surface area contributed by atoms with E-state index in [1.807, 2.05) is 12.1 Å². The van der Waals surface area contributed by atoms with E-state index in [0.717, 1.165) is 47.8 Å². The van der Waals surface area contributed by atoms with Crippen LogP contribution in [0.15, 0.2) is 42.5 Å². The molecule has 2 aliphatic rings. The number of benzene rings is 2. The highest BCUT2D eigenvalue weighted by molar-refractivity contribution is 7.93. The van der Waals surface area contributed by atoms with Crippen LogP contribution in [0, 0.1) is 11.3 Å². The number of anilines is 1. The Labute approximate surface area is 197 Å². The molecule has 2 fully saturated rings. The number of fused-ring (bicyclic) bond motifs is 1. The zero-order valence-corrected chi connectivity index (χ0v) is 19.3. The van der Waals surface area contributed by atoms with Gasteiger partial charge in [-0.05, 0) is 61.9 Å². The van der Waals surface area contributed by atoms with Gasteiger partial charge in [-0.2, -0.15) is 5.26 Å². The topological polar surface area (TPSA) is 84.1 Å². The van der Waals surface area contributed by atoms with Crippen LogP contribution in [0.3, 0.4) is 0 Å². The zero-order valence-electron chi connectivity index (χ0n) is 18.5. The van der Waals surface area contributed by atoms with Crippen LogP contribution in [0.5, 0.6) is 5.75 Å². The molecule has 1 N–H and O–H groups in total. The van der Waals surface area contributed by atoms with Crippen molar-refractivity contribution in [1.82, 2.24) is 4.57 Å². The second-order valence-corrected chi connectivity index (χ2v) is 10.9. The first-order valence-corrected chi connectivity index (χ1v) is 13.0. The average Bonchev–Trinajstić information content (AvgIpc) is 3.03. The summed E-state index contributed by atoms with van der Waals surface area (Å²) >= 11 is 0. The van der Waals surface area contributed by atoms with Gasteiger partial charge in [-0.3, -0.25) is 4.72 Å². The smallest absolute Gasteiger partial charge is 0.272 e. The summed E-state index contributed by atoms with van der Waals surface area (Å²) in [6, 6.07) is 14.7. The van der Waals surface area contributed by atoms with Gasteiger partial charge in [-0.25, -0.2) is 17.2 Å². The van der Waals surface area contributed by atoms with E-state index in [2.05, 4.69) is 15.4 Å². The second kappa shape index (κ2) is 8.91. The second-order valence-electron chi connectivity index (χ2n) is 8.95. The summed E-state index contributed by atoms with van der Waals surface area (Å²) in [6.07, 6.45) is 2.73. The molecule has 0 aliphatic heterocycles. The molecular weight excluding hydrogens is 460 g/mol. The molecule has 1 aromatic heterocycles. The van der Waals surface area contributed by atoms with Crippen LogP contribution in [-0.4, -0.2) is 31.3 Å². The normalized spacial score (nSPS) is 16.8. The first kappa shape index (κ1) is 22.7. The number of hydrogen-bond acceptors (Lipinski definition) is 4. The third-order valence-electron chi connectivity index (χ3n) is 6.81. The van der Waals surface area contributed by atoms with Gasteiger partial charge in [0, 0.05) is 23.2 Å². The van der Waals surface area contributed by atoms with E-state index >= 15 is 0 Å². The first-order chi connectivity index (χ1) is 16.4. The number of aromatic nitrogens is 1. The summed E-state index contributed by atoms with van der Waals surface area (Å²) in [7, 11) is -3.40. The fourth-order valence-electron chi connectivity index (χ4n) is 4.59. The standard InChI is InChI=1S/C25H25F2N3O3S/c26-24(27)15-33-19-11-12-21-22(14-28)25(30(23(21)13-19)18-3-1-4-18)16-7-9-17(10-8-16)29-34(31,32)20-5-2-6-20/h7-13,18,20,24,29H,1-6,15H2. The lowest BCUT2D eigenvalue weighted by Crippen LogP contribution is -2.33. The van der Waals surface area contributed by atoms with Crippen LogP contribution >= 0.6 is 0 Å². The minimum atomic E-state index is -3.40. The Morgan fingerprint density at radius 3 is 2.35 bits per heavy atom. The summed E-state index contributed by atoms with van der Waals surface area (Å²) in [5.74, 6) is 0.336. The highest BCUT2D eigenvalue weighted by Crippen LogP contribution is 2.43. The van der Waals surface area contributed by atoms with Crippen LogP contribution < -0.4 is 9.46 Å². The van der Waals surface area contributed by atoms with Gasteiger partial charge in [-0.1, -0.05) is 18.6 Å². The predicted molar refractivity (Wildman–Crippen MR) is 127 cm³/mol. The Kier molecular flexibility index (Phi) is 5.94. The van der Waals surface area contributed by atoms with E-state index in [1.165, 1.54) is 0 Å². The summed E-state index contributed by atoms with van der Waals surface area (Å²) < 4.78 is 60.2. The highest BCUT2D eigenvalue weighted by Gasteiger charge is 2.31. The molecule has 0 atom stereocenters. The number of nitrogens with zero attached hydrogens (tertiary/aromatic N) is 2. The summed E-state index contributed by atoms with van der Waals surface area (Å²) in [4.78, 5) is 0. The van der Waals surface area contributed by atoms with Crippen LogP contribution in [-0.2, 0) is 10.0 Å². The number of halogens is 2. The van der Waals surface area contributed by atoms with Gasteiger partial charge in [0.2, 0.25) is 10.0 Å². The van der Waals surface area contributed by atoms with Crippen molar-refractivity contribution in [1.29, 1.82) is 5.26 Å². The summed E-state index contributed by atoms with van der Waals surface area (Å²) in [5, 5.41) is 10.4. The maximum absolute atomic E-state index is 12.6. The lowest BCUT2D eigenvalue weighted by Gasteiger charge is -2.30. The molecule has 1 heterocycles. The monoisotopic (exact) mass is 485 g/mol. The minimum Gasteiger partial charge on any atom is -0.488 e. The van der Waals surface area contributed by atoms with Gasteiger partial charge < -0.3 is 9.30 Å². The van der Waals surface area contributed by atoms with Crippen molar-refractivity contribution in [3.8, 4) is 23.1 Å². The molecule has 0 amide bonds. The molecule has 34 heavy (non-hydrogen) atoms. The molecule has 5 rings (SSSR count). The summed E-state index contributed by atoms with van der Waals surface area (Å²) in [6.45, 7) is -0.689. The van der Waals surface area contributed by atoms with E-state index in [4.69, 9.17) is 4.74 Å². The van der Waals surface area contributed by atoms with Crippen molar-refractivity contribution < 1.29 is 21.9 Å². The molecule has 2 aromatic carbocycles. The van der Waals surface area contributed by atoms with Crippen molar-refractivity contribution in [2.24, 2.45) is 0 Å². The number of rotatable bonds is 8. The maximum atomic E-state index is 12.6. The first-order valence-electron chi connectivity index (χ1n) is 11.5. The third kappa shape index (κ3) is 4.11. The number of ether oxygens (including phenoxy) is 1. The quantitative estimate of drug-likeness (QED) is 0.434. The van der Waals surface area contributed by atoms with E-state index in [-0.39, 0.29) is 11.3 Å². The molecule has 0 radical (unpaired) electrons. The number of alkyl halides is 2. The number of hydrogen-bond donors (Lipinski definition) is 1. The van der Waals surface area contributed by atoms with Crippen LogP contribution in [0.4, 0.5) is 14.5 Å². The van der Waals surface area contributed by atoms with Crippen molar-refractivity contribution in [2.45, 2.75) is 56.2 Å². The van der Waals surface area contributed by atoms with E-state index < -0.39 is 23.1 Å². The van der Waals surface area contributed by atoms with E-state index in [1.54, 1.807) is 30.3 Å². The molecular formula is C25H25F2N3O3S. The Morgan fingerprint density at radius 2 is 1.79 bits per heavy atom. The Morgan fingerprint density at radius 1 is 1.09 bits per heavy atom. The van der Waals surface area contributed by atoms with Gasteiger partial charge in [0.15, 0.2) is 0 Å². The van der Waals surface area contributed by atoms with Crippen LogP contribution in [0.1, 0.15) is 50.1 Å². The SMILES string of the molecule is N#Cc1c(-c2ccc(NS(=O)(=O)C3CCC3)cc2)n(C2CCC2)c2cc(OCC(F)F)ccc12. The van der Waals surface area contributed by atoms with Crippen molar-refractivity contribution >= 4 is 26.6 Å². The Bertz CT molecular complexity index is 1350. The van der Waals surface area contributed by atoms with E-state index in [0.29, 0.717) is 29.8 Å². The number of sulfonamides is 1. The Balaban J connectivity index is 1.55. The summed E-state index contributed by atoms with van der Waals surface area (Å²) in [5.41, 5.74) is 3.31. The molecule has 3 aromatic rings. The maximum Gasteiger partial charge on any atom is 0.272 e. The average molecular weight is 486 g/mol. The molecule has 6 nitrogen and oxygen atoms in total. The fraction of sp³-hybridized carbons (Fsp3) is 0.400. The molecule has 2 saturated carbocycles. The molecule has 178 valence electrons. The van der Waals surface area contributed by atoms with Crippen molar-refractivity contribution in [3.05, 3.63) is 48.0 Å². The van der Waals surface area contributed by atoms with Crippen LogP contribution in [0.2, 0.25) is 0 Å². The van der Waals surface area contributed by atoms with Gasteiger partial charge in [0.05, 0.1) is 22.0 Å². The molecule has 0 saturated heterocycles. The zero-order chi connectivity index (χ0) is 23.9. The van der Waals surface area contributed by atoms with E-state index in [9.17, 15) is 22.5 Å². The number of nitriles is 1.